The largest absolute Gasteiger partial charge is 0.364 e. The van der Waals surface area contributed by atoms with Crippen LogP contribution < -0.4 is 11.1 Å². The van der Waals surface area contributed by atoms with E-state index in [0.29, 0.717) is 5.92 Å². The zero-order valence-corrected chi connectivity index (χ0v) is 8.52. The number of carbonyl (C=O) groups is 1. The third kappa shape index (κ3) is 2.53. The highest BCUT2D eigenvalue weighted by atomic mass is 16.1. The highest BCUT2D eigenvalue weighted by molar-refractivity contribution is 5.90. The van der Waals surface area contributed by atoms with E-state index in [1.165, 1.54) is 12.8 Å². The number of piperidine rings is 1. The molecule has 0 spiro atoms. The van der Waals surface area contributed by atoms with Gasteiger partial charge < -0.3 is 11.1 Å². The molecule has 82 valence electrons. The molecule has 1 saturated heterocycles. The first kappa shape index (κ1) is 10.1. The summed E-state index contributed by atoms with van der Waals surface area (Å²) in [5.41, 5.74) is 5.33. The molecule has 1 aliphatic rings. The average molecular weight is 209 g/mol. The van der Waals surface area contributed by atoms with E-state index in [-0.39, 0.29) is 5.69 Å². The molecule has 1 unspecified atom stereocenters. The first-order chi connectivity index (χ1) is 7.25. The van der Waals surface area contributed by atoms with Gasteiger partial charge in [-0.15, -0.1) is 5.10 Å². The van der Waals surface area contributed by atoms with Gasteiger partial charge in [0.05, 0.1) is 6.20 Å². The van der Waals surface area contributed by atoms with Gasteiger partial charge in [0, 0.05) is 6.54 Å². The molecule has 2 rings (SSSR count). The first-order valence-electron chi connectivity index (χ1n) is 5.16. The smallest absolute Gasteiger partial charge is 0.270 e. The fourth-order valence-electron chi connectivity index (χ4n) is 1.84. The van der Waals surface area contributed by atoms with Crippen LogP contribution in [0.4, 0.5) is 0 Å². The molecule has 15 heavy (non-hydrogen) atoms. The molecule has 6 heteroatoms. The topological polar surface area (TPSA) is 85.8 Å². The summed E-state index contributed by atoms with van der Waals surface area (Å²) in [7, 11) is 0. The third-order valence-electron chi connectivity index (χ3n) is 2.64. The van der Waals surface area contributed by atoms with Gasteiger partial charge >= 0.3 is 0 Å². The van der Waals surface area contributed by atoms with E-state index >= 15 is 0 Å². The standard InChI is InChI=1S/C9H15N5O/c10-9(15)8-6-14(13-12-8)5-7-2-1-3-11-4-7/h6-7,11H,1-5H2,(H2,10,15). The molecular weight excluding hydrogens is 194 g/mol. The number of rotatable bonds is 3. The van der Waals surface area contributed by atoms with Gasteiger partial charge in [-0.25, -0.2) is 0 Å². The lowest BCUT2D eigenvalue weighted by Crippen LogP contribution is -2.32. The zero-order valence-electron chi connectivity index (χ0n) is 8.52. The Morgan fingerprint density at radius 1 is 1.73 bits per heavy atom. The monoisotopic (exact) mass is 209 g/mol. The highest BCUT2D eigenvalue weighted by Crippen LogP contribution is 2.11. The number of carbonyl (C=O) groups excluding carboxylic acids is 1. The third-order valence-corrected chi connectivity index (χ3v) is 2.64. The van der Waals surface area contributed by atoms with Crippen LogP contribution in [0.5, 0.6) is 0 Å². The number of primary amides is 1. The van der Waals surface area contributed by atoms with Gasteiger partial charge in [0.1, 0.15) is 0 Å². The van der Waals surface area contributed by atoms with Crippen LogP contribution in [-0.2, 0) is 6.54 Å². The SMILES string of the molecule is NC(=O)c1cn(CC2CCCNC2)nn1. The molecule has 1 aromatic heterocycles. The van der Waals surface area contributed by atoms with Crippen LogP contribution in [0.15, 0.2) is 6.20 Å². The number of nitrogens with zero attached hydrogens (tertiary/aromatic N) is 3. The van der Waals surface area contributed by atoms with Crippen LogP contribution in [0.25, 0.3) is 0 Å². The minimum absolute atomic E-state index is 0.235. The number of hydrogen-bond acceptors (Lipinski definition) is 4. The van der Waals surface area contributed by atoms with Gasteiger partial charge in [-0.3, -0.25) is 9.48 Å². The second-order valence-corrected chi connectivity index (χ2v) is 3.90. The van der Waals surface area contributed by atoms with Crippen molar-refractivity contribution in [3.05, 3.63) is 11.9 Å². The Hall–Kier alpha value is -1.43. The highest BCUT2D eigenvalue weighted by Gasteiger charge is 2.15. The van der Waals surface area contributed by atoms with E-state index in [9.17, 15) is 4.79 Å². The van der Waals surface area contributed by atoms with Gasteiger partial charge in [0.25, 0.3) is 5.91 Å². The summed E-state index contributed by atoms with van der Waals surface area (Å²) < 4.78 is 1.69. The molecule has 1 fully saturated rings. The summed E-state index contributed by atoms with van der Waals surface area (Å²) in [4.78, 5) is 10.8. The van der Waals surface area contributed by atoms with Gasteiger partial charge in [-0.1, -0.05) is 5.21 Å². The van der Waals surface area contributed by atoms with Crippen LogP contribution in [0.1, 0.15) is 23.3 Å². The first-order valence-corrected chi connectivity index (χ1v) is 5.16. The van der Waals surface area contributed by atoms with Crippen LogP contribution in [-0.4, -0.2) is 34.0 Å². The second-order valence-electron chi connectivity index (χ2n) is 3.90. The quantitative estimate of drug-likeness (QED) is 0.694. The van der Waals surface area contributed by atoms with Crippen LogP contribution in [0.3, 0.4) is 0 Å². The molecule has 0 aromatic carbocycles. The Kier molecular flexibility index (Phi) is 2.96. The van der Waals surface area contributed by atoms with E-state index in [1.54, 1.807) is 10.9 Å². The summed E-state index contributed by atoms with van der Waals surface area (Å²) in [6, 6.07) is 0. The lowest BCUT2D eigenvalue weighted by molar-refractivity contribution is 0.0995. The van der Waals surface area contributed by atoms with Crippen molar-refractivity contribution in [3.8, 4) is 0 Å². The number of aromatic nitrogens is 3. The molecule has 1 aliphatic heterocycles. The van der Waals surface area contributed by atoms with Crippen molar-refractivity contribution in [2.45, 2.75) is 19.4 Å². The van der Waals surface area contributed by atoms with Crippen molar-refractivity contribution >= 4 is 5.91 Å². The van der Waals surface area contributed by atoms with Crippen molar-refractivity contribution in [3.63, 3.8) is 0 Å². The number of hydrogen-bond donors (Lipinski definition) is 2. The molecular formula is C9H15N5O. The predicted octanol–water partition coefficient (Wildman–Crippen LogP) is -0.623. The van der Waals surface area contributed by atoms with Gasteiger partial charge in [0.2, 0.25) is 0 Å². The minimum atomic E-state index is -0.525. The molecule has 6 nitrogen and oxygen atoms in total. The summed E-state index contributed by atoms with van der Waals surface area (Å²) in [5, 5.41) is 10.9. The fourth-order valence-corrected chi connectivity index (χ4v) is 1.84. The van der Waals surface area contributed by atoms with Crippen molar-refractivity contribution in [2.75, 3.05) is 13.1 Å². The maximum absolute atomic E-state index is 10.8. The van der Waals surface area contributed by atoms with Crippen LogP contribution in [0.2, 0.25) is 0 Å². The minimum Gasteiger partial charge on any atom is -0.364 e. The Bertz CT molecular complexity index is 342. The van der Waals surface area contributed by atoms with Crippen molar-refractivity contribution in [1.29, 1.82) is 0 Å². The summed E-state index contributed by atoms with van der Waals surface area (Å²) in [5.74, 6) is 0.0456. The van der Waals surface area contributed by atoms with E-state index in [2.05, 4.69) is 15.6 Å². The summed E-state index contributed by atoms with van der Waals surface area (Å²) in [6.45, 7) is 2.90. The number of nitrogens with one attached hydrogen (secondary N) is 1. The predicted molar refractivity (Wildman–Crippen MR) is 54.1 cm³/mol. The number of nitrogens with two attached hydrogens (primary N) is 1. The Balaban J connectivity index is 1.94. The molecule has 0 bridgehead atoms. The Morgan fingerprint density at radius 2 is 2.60 bits per heavy atom. The maximum Gasteiger partial charge on any atom is 0.270 e. The van der Waals surface area contributed by atoms with E-state index in [4.69, 9.17) is 5.73 Å². The van der Waals surface area contributed by atoms with Crippen LogP contribution >= 0.6 is 0 Å². The molecule has 0 aliphatic carbocycles. The summed E-state index contributed by atoms with van der Waals surface area (Å²) >= 11 is 0. The Morgan fingerprint density at radius 3 is 3.20 bits per heavy atom. The van der Waals surface area contributed by atoms with E-state index in [1.807, 2.05) is 0 Å². The lowest BCUT2D eigenvalue weighted by atomic mass is 10.00. The number of amides is 1. The fraction of sp³-hybridized carbons (Fsp3) is 0.667. The molecule has 1 amide bonds. The molecule has 1 atom stereocenters. The van der Waals surface area contributed by atoms with Gasteiger partial charge in [-0.05, 0) is 31.8 Å². The van der Waals surface area contributed by atoms with E-state index < -0.39 is 5.91 Å². The van der Waals surface area contributed by atoms with Gasteiger partial charge in [0.15, 0.2) is 5.69 Å². The lowest BCUT2D eigenvalue weighted by Gasteiger charge is -2.22. The summed E-state index contributed by atoms with van der Waals surface area (Å²) in [6.07, 6.45) is 4.00. The second kappa shape index (κ2) is 4.39. The molecule has 3 N–H and O–H groups in total. The molecule has 0 saturated carbocycles. The molecule has 0 radical (unpaired) electrons. The van der Waals surface area contributed by atoms with Crippen LogP contribution in [0, 0.1) is 5.92 Å². The Labute approximate surface area is 87.8 Å². The molecule has 1 aromatic rings. The zero-order chi connectivity index (χ0) is 10.7. The van der Waals surface area contributed by atoms with E-state index in [0.717, 1.165) is 19.6 Å². The molecule has 2 heterocycles. The average Bonchev–Trinajstić information content (AvgIpc) is 2.68. The van der Waals surface area contributed by atoms with Gasteiger partial charge in [-0.2, -0.15) is 0 Å². The van der Waals surface area contributed by atoms with Crippen molar-refractivity contribution < 1.29 is 4.79 Å². The normalized spacial score (nSPS) is 21.5. The van der Waals surface area contributed by atoms with Crippen molar-refractivity contribution in [1.82, 2.24) is 20.3 Å². The van der Waals surface area contributed by atoms with Crippen molar-refractivity contribution in [2.24, 2.45) is 11.7 Å². The maximum atomic E-state index is 10.8.